The summed E-state index contributed by atoms with van der Waals surface area (Å²) in [5.41, 5.74) is 1.21. The Morgan fingerprint density at radius 3 is 2.47 bits per heavy atom. The molecule has 0 spiro atoms. The molecule has 0 bridgehead atoms. The molecule has 0 saturated carbocycles. The molecule has 1 saturated heterocycles. The largest absolute Gasteiger partial charge is 0.395 e. The fourth-order valence-corrected chi connectivity index (χ4v) is 3.63. The zero-order valence-corrected chi connectivity index (χ0v) is 19.2. The first-order valence-electron chi connectivity index (χ1n) is 10.1. The Morgan fingerprint density at radius 2 is 1.90 bits per heavy atom. The molecule has 0 aliphatic carbocycles. The summed E-state index contributed by atoms with van der Waals surface area (Å²) >= 11 is 7.19. The van der Waals surface area contributed by atoms with Gasteiger partial charge in [0, 0.05) is 29.3 Å². The Morgan fingerprint density at radius 1 is 1.10 bits per heavy atom. The van der Waals surface area contributed by atoms with Crippen LogP contribution in [0.1, 0.15) is 30.7 Å². The molecule has 1 fully saturated rings. The normalized spacial score (nSPS) is 13.5. The van der Waals surface area contributed by atoms with Gasteiger partial charge in [-0.15, -0.1) is 11.3 Å². The third-order valence-corrected chi connectivity index (χ3v) is 5.21. The maximum atomic E-state index is 8.58. The number of halogens is 1. The highest BCUT2D eigenvalue weighted by atomic mass is 35.5. The van der Waals surface area contributed by atoms with Crippen molar-refractivity contribution in [3.8, 4) is 0 Å². The van der Waals surface area contributed by atoms with Gasteiger partial charge >= 0.3 is 0 Å². The van der Waals surface area contributed by atoms with E-state index in [1.807, 2.05) is 49.6 Å². The second-order valence-electron chi connectivity index (χ2n) is 6.88. The number of benzene rings is 1. The first-order valence-corrected chi connectivity index (χ1v) is 11.3. The highest BCUT2D eigenvalue weighted by Gasteiger charge is 2.07. The van der Waals surface area contributed by atoms with Crippen molar-refractivity contribution in [1.29, 1.82) is 0 Å². The van der Waals surface area contributed by atoms with Crippen LogP contribution in [0.5, 0.6) is 0 Å². The number of aryl methyl sites for hydroxylation is 2. The molecule has 0 atom stereocenters. The number of likely N-dealkylation sites (tertiary alicyclic amines) is 1. The van der Waals surface area contributed by atoms with Crippen LogP contribution in [0, 0.1) is 13.8 Å². The standard InChI is InChI=1S/C8H8N4S.C7H7Cl.C7H15NO/c1-6-9-3-2-7(11-6)12-8-10-4-5-13-8;1-6-3-2-4-7(8)5-6;9-7-6-8-4-2-1-3-5-8/h2-5H,1H3,(H,9,10,11,12);2-5H,1H3;9H,1-7H2. The second kappa shape index (κ2) is 14.0. The summed E-state index contributed by atoms with van der Waals surface area (Å²) in [5, 5.41) is 15.2. The van der Waals surface area contributed by atoms with Gasteiger partial charge in [0.1, 0.15) is 11.6 Å². The summed E-state index contributed by atoms with van der Waals surface area (Å²) in [6.07, 6.45) is 7.49. The molecular formula is C22H30ClN5OS. The predicted octanol–water partition coefficient (Wildman–Crippen LogP) is 5.10. The molecular weight excluding hydrogens is 418 g/mol. The van der Waals surface area contributed by atoms with Gasteiger partial charge in [-0.25, -0.2) is 15.0 Å². The van der Waals surface area contributed by atoms with Crippen LogP contribution in [0.2, 0.25) is 5.02 Å². The van der Waals surface area contributed by atoms with E-state index in [9.17, 15) is 0 Å². The second-order valence-corrected chi connectivity index (χ2v) is 8.21. The Labute approximate surface area is 188 Å². The lowest BCUT2D eigenvalue weighted by atomic mass is 10.1. The molecule has 3 heterocycles. The zero-order valence-electron chi connectivity index (χ0n) is 17.6. The number of nitrogens with one attached hydrogen (secondary N) is 1. The number of aliphatic hydroxyl groups is 1. The Bertz CT molecular complexity index is 821. The van der Waals surface area contributed by atoms with Crippen molar-refractivity contribution in [1.82, 2.24) is 19.9 Å². The molecule has 1 aliphatic rings. The Hall–Kier alpha value is -2.06. The molecule has 1 aromatic carbocycles. The molecule has 8 heteroatoms. The molecule has 4 rings (SSSR count). The van der Waals surface area contributed by atoms with Gasteiger partial charge in [0.05, 0.1) is 6.61 Å². The number of anilines is 2. The van der Waals surface area contributed by atoms with E-state index in [0.717, 1.165) is 28.3 Å². The van der Waals surface area contributed by atoms with Gasteiger partial charge in [0.25, 0.3) is 0 Å². The lowest BCUT2D eigenvalue weighted by Crippen LogP contribution is -2.31. The van der Waals surface area contributed by atoms with E-state index in [4.69, 9.17) is 16.7 Å². The predicted molar refractivity (Wildman–Crippen MR) is 126 cm³/mol. The molecule has 6 nitrogen and oxygen atoms in total. The highest BCUT2D eigenvalue weighted by molar-refractivity contribution is 7.13. The topological polar surface area (TPSA) is 74.2 Å². The highest BCUT2D eigenvalue weighted by Crippen LogP contribution is 2.15. The Balaban J connectivity index is 0.000000167. The number of piperidine rings is 1. The minimum absolute atomic E-state index is 0.319. The lowest BCUT2D eigenvalue weighted by Gasteiger charge is -2.25. The first-order chi connectivity index (χ1) is 14.6. The van der Waals surface area contributed by atoms with E-state index in [-0.39, 0.29) is 0 Å². The lowest BCUT2D eigenvalue weighted by molar-refractivity contribution is 0.173. The van der Waals surface area contributed by atoms with Gasteiger partial charge < -0.3 is 15.3 Å². The number of β-amino-alcohol motifs (C(OH)–C–C–N with tert-alkyl or cyclic N) is 1. The zero-order chi connectivity index (χ0) is 21.6. The maximum absolute atomic E-state index is 8.58. The number of aromatic nitrogens is 3. The van der Waals surface area contributed by atoms with Crippen molar-refractivity contribution in [3.63, 3.8) is 0 Å². The molecule has 3 aromatic rings. The summed E-state index contributed by atoms with van der Waals surface area (Å²) in [5.74, 6) is 1.53. The summed E-state index contributed by atoms with van der Waals surface area (Å²) in [7, 11) is 0. The summed E-state index contributed by atoms with van der Waals surface area (Å²) < 4.78 is 0. The van der Waals surface area contributed by atoms with Crippen molar-refractivity contribution in [2.45, 2.75) is 33.1 Å². The van der Waals surface area contributed by atoms with Crippen LogP contribution in [-0.2, 0) is 0 Å². The first kappa shape index (κ1) is 24.2. The summed E-state index contributed by atoms with van der Waals surface area (Å²) in [4.78, 5) is 14.6. The monoisotopic (exact) mass is 447 g/mol. The van der Waals surface area contributed by atoms with Crippen LogP contribution in [0.15, 0.2) is 48.1 Å². The number of hydrogen-bond acceptors (Lipinski definition) is 7. The maximum Gasteiger partial charge on any atom is 0.188 e. The van der Waals surface area contributed by atoms with E-state index in [2.05, 4.69) is 25.2 Å². The molecule has 1 aliphatic heterocycles. The van der Waals surface area contributed by atoms with Crippen LogP contribution < -0.4 is 5.32 Å². The van der Waals surface area contributed by atoms with Crippen LogP contribution in [0.4, 0.5) is 10.9 Å². The smallest absolute Gasteiger partial charge is 0.188 e. The molecule has 0 unspecified atom stereocenters. The van der Waals surface area contributed by atoms with Gasteiger partial charge in [-0.3, -0.25) is 0 Å². The van der Waals surface area contributed by atoms with Gasteiger partial charge in [0.2, 0.25) is 0 Å². The van der Waals surface area contributed by atoms with Crippen molar-refractivity contribution >= 4 is 33.9 Å². The molecule has 2 aromatic heterocycles. The minimum Gasteiger partial charge on any atom is -0.395 e. The summed E-state index contributed by atoms with van der Waals surface area (Å²) in [6, 6.07) is 9.58. The Kier molecular flexibility index (Phi) is 11.3. The third kappa shape index (κ3) is 10.1. The van der Waals surface area contributed by atoms with Crippen LogP contribution in [0.3, 0.4) is 0 Å². The van der Waals surface area contributed by atoms with Crippen LogP contribution >= 0.6 is 22.9 Å². The molecule has 0 amide bonds. The quantitative estimate of drug-likeness (QED) is 0.579. The SMILES string of the molecule is Cc1cccc(Cl)c1.Cc1nccc(Nc2nccs2)n1.OCCN1CCCCC1. The number of aliphatic hydroxyl groups excluding tert-OH is 1. The van der Waals surface area contributed by atoms with Crippen LogP contribution in [-0.4, -0.2) is 51.2 Å². The fourth-order valence-electron chi connectivity index (χ4n) is 2.85. The molecule has 0 radical (unpaired) electrons. The third-order valence-electron chi connectivity index (χ3n) is 4.29. The number of hydrogen-bond donors (Lipinski definition) is 2. The van der Waals surface area contributed by atoms with E-state index in [0.29, 0.717) is 6.61 Å². The van der Waals surface area contributed by atoms with Crippen molar-refractivity contribution in [3.05, 3.63) is 64.5 Å². The van der Waals surface area contributed by atoms with Gasteiger partial charge in [0.15, 0.2) is 5.13 Å². The number of nitrogens with zero attached hydrogens (tertiary/aromatic N) is 4. The molecule has 30 heavy (non-hydrogen) atoms. The number of thiazole rings is 1. The van der Waals surface area contributed by atoms with Gasteiger partial charge in [-0.05, 0) is 63.5 Å². The van der Waals surface area contributed by atoms with Crippen molar-refractivity contribution in [2.24, 2.45) is 0 Å². The average Bonchev–Trinajstić information content (AvgIpc) is 3.23. The van der Waals surface area contributed by atoms with Gasteiger partial charge in [-0.2, -0.15) is 0 Å². The minimum atomic E-state index is 0.319. The van der Waals surface area contributed by atoms with E-state index >= 15 is 0 Å². The fraction of sp³-hybridized carbons (Fsp3) is 0.409. The van der Waals surface area contributed by atoms with Crippen molar-refractivity contribution in [2.75, 3.05) is 31.6 Å². The van der Waals surface area contributed by atoms with Crippen molar-refractivity contribution < 1.29 is 5.11 Å². The van der Waals surface area contributed by atoms with E-state index < -0.39 is 0 Å². The molecule has 162 valence electrons. The van der Waals surface area contributed by atoms with E-state index in [1.165, 1.54) is 37.9 Å². The average molecular weight is 448 g/mol. The van der Waals surface area contributed by atoms with E-state index in [1.54, 1.807) is 23.7 Å². The number of rotatable bonds is 4. The molecule has 2 N–H and O–H groups in total. The summed E-state index contributed by atoms with van der Waals surface area (Å²) in [6.45, 7) is 7.46. The van der Waals surface area contributed by atoms with Crippen LogP contribution in [0.25, 0.3) is 0 Å². The van der Waals surface area contributed by atoms with Gasteiger partial charge in [-0.1, -0.05) is 30.2 Å².